The van der Waals surface area contributed by atoms with Crippen LogP contribution in [0.2, 0.25) is 0 Å². The molecule has 146 valence electrons. The summed E-state index contributed by atoms with van der Waals surface area (Å²) in [6.45, 7) is 2.65. The minimum atomic E-state index is -1.26. The number of amides is 1. The lowest BCUT2D eigenvalue weighted by Crippen LogP contribution is -2.39. The summed E-state index contributed by atoms with van der Waals surface area (Å²) >= 11 is 3.10. The number of aryl methyl sites for hydroxylation is 1. The zero-order valence-corrected chi connectivity index (χ0v) is 16.4. The quantitative estimate of drug-likeness (QED) is 0.594. The third kappa shape index (κ3) is 4.90. The zero-order valence-electron chi connectivity index (χ0n) is 14.8. The van der Waals surface area contributed by atoms with Crippen LogP contribution in [0.1, 0.15) is 24.2 Å². The van der Waals surface area contributed by atoms with Gasteiger partial charge in [-0.15, -0.1) is 0 Å². The molecule has 0 aliphatic rings. The number of carbonyl (C=O) groups is 1. The summed E-state index contributed by atoms with van der Waals surface area (Å²) in [4.78, 5) is 29.4. The highest BCUT2D eigenvalue weighted by Crippen LogP contribution is 2.26. The number of benzene rings is 1. The van der Waals surface area contributed by atoms with E-state index in [9.17, 15) is 18.4 Å². The van der Waals surface area contributed by atoms with Gasteiger partial charge in [0.2, 0.25) is 5.82 Å². The molecule has 0 aliphatic heterocycles. The van der Waals surface area contributed by atoms with E-state index in [1.165, 1.54) is 33.0 Å². The van der Waals surface area contributed by atoms with Crippen LogP contribution in [0, 0.1) is 11.6 Å². The van der Waals surface area contributed by atoms with Crippen molar-refractivity contribution < 1.29 is 23.5 Å². The predicted molar refractivity (Wildman–Crippen MR) is 98.7 cm³/mol. The highest BCUT2D eigenvalue weighted by molar-refractivity contribution is 9.10. The van der Waals surface area contributed by atoms with Crippen LogP contribution in [0.25, 0.3) is 0 Å². The number of aliphatic hydroxyl groups is 1. The number of hydroxylamine groups is 1. The van der Waals surface area contributed by atoms with E-state index in [-0.39, 0.29) is 17.9 Å². The van der Waals surface area contributed by atoms with E-state index in [1.54, 1.807) is 0 Å². The summed E-state index contributed by atoms with van der Waals surface area (Å²) in [5.41, 5.74) is -0.901. The Labute approximate surface area is 162 Å². The molecule has 0 saturated carbocycles. The number of carbonyl (C=O) groups excluding carboxylic acids is 1. The molecular weight excluding hydrogens is 428 g/mol. The standard InChI is InChI=1S/C17H18BrF2N3O4/c1-17(2,8-24)27-22-15(25)10-7-23(3)16(26)13(20)14(10)21-12-5-4-9(18)6-11(12)19/h4-7,21,24H,8H2,1-3H3,(H,22,25). The molecular formula is C17H18BrF2N3O4. The molecule has 0 radical (unpaired) electrons. The molecule has 0 fully saturated rings. The molecule has 1 amide bonds. The lowest BCUT2D eigenvalue weighted by atomic mass is 10.1. The van der Waals surface area contributed by atoms with Gasteiger partial charge in [-0.2, -0.15) is 4.39 Å². The number of hydrogen-bond acceptors (Lipinski definition) is 5. The van der Waals surface area contributed by atoms with Gasteiger partial charge in [0.1, 0.15) is 11.4 Å². The summed E-state index contributed by atoms with van der Waals surface area (Å²) in [5.74, 6) is -2.85. The van der Waals surface area contributed by atoms with Crippen LogP contribution in [0.15, 0.2) is 33.7 Å². The average Bonchev–Trinajstić information content (AvgIpc) is 2.61. The van der Waals surface area contributed by atoms with Crippen molar-refractivity contribution in [2.24, 2.45) is 7.05 Å². The minimum absolute atomic E-state index is 0.129. The molecule has 7 nitrogen and oxygen atoms in total. The van der Waals surface area contributed by atoms with Crippen LogP contribution in [0.5, 0.6) is 0 Å². The Morgan fingerprint density at radius 2 is 2.04 bits per heavy atom. The summed E-state index contributed by atoms with van der Waals surface area (Å²) in [6, 6.07) is 3.98. The van der Waals surface area contributed by atoms with Gasteiger partial charge in [-0.05, 0) is 32.0 Å². The van der Waals surface area contributed by atoms with Gasteiger partial charge < -0.3 is 15.0 Å². The number of anilines is 2. The molecule has 1 heterocycles. The Hall–Kier alpha value is -2.30. The van der Waals surface area contributed by atoms with Crippen LogP contribution < -0.4 is 16.4 Å². The third-order valence-electron chi connectivity index (χ3n) is 3.56. The van der Waals surface area contributed by atoms with Crippen LogP contribution in [-0.2, 0) is 11.9 Å². The zero-order chi connectivity index (χ0) is 20.4. The molecule has 2 aromatic rings. The minimum Gasteiger partial charge on any atom is -0.393 e. The van der Waals surface area contributed by atoms with E-state index in [4.69, 9.17) is 9.94 Å². The van der Waals surface area contributed by atoms with Gasteiger partial charge in [0.25, 0.3) is 11.5 Å². The summed E-state index contributed by atoms with van der Waals surface area (Å²) in [7, 11) is 1.27. The van der Waals surface area contributed by atoms with Crippen LogP contribution in [0.3, 0.4) is 0 Å². The molecule has 1 aromatic heterocycles. The molecule has 0 bridgehead atoms. The van der Waals surface area contributed by atoms with Crippen molar-refractivity contribution in [1.82, 2.24) is 10.0 Å². The number of hydrogen-bond donors (Lipinski definition) is 3. The maximum Gasteiger partial charge on any atom is 0.288 e. The van der Waals surface area contributed by atoms with Crippen LogP contribution in [0.4, 0.5) is 20.2 Å². The van der Waals surface area contributed by atoms with Crippen LogP contribution >= 0.6 is 15.9 Å². The first kappa shape index (κ1) is 21.0. The Morgan fingerprint density at radius 1 is 1.37 bits per heavy atom. The number of nitrogens with one attached hydrogen (secondary N) is 2. The molecule has 3 N–H and O–H groups in total. The summed E-state index contributed by atoms with van der Waals surface area (Å²) in [5, 5.41) is 11.6. The van der Waals surface area contributed by atoms with Crippen molar-refractivity contribution in [3.8, 4) is 0 Å². The number of aromatic nitrogens is 1. The van der Waals surface area contributed by atoms with Gasteiger partial charge in [-0.25, -0.2) is 9.87 Å². The second-order valence-electron chi connectivity index (χ2n) is 6.35. The first-order valence-corrected chi connectivity index (χ1v) is 8.55. The maximum absolute atomic E-state index is 14.5. The molecule has 0 aliphatic carbocycles. The summed E-state index contributed by atoms with van der Waals surface area (Å²) < 4.78 is 30.0. The highest BCUT2D eigenvalue weighted by atomic mass is 79.9. The van der Waals surface area contributed by atoms with E-state index < -0.39 is 34.4 Å². The van der Waals surface area contributed by atoms with Crippen molar-refractivity contribution >= 4 is 33.2 Å². The van der Waals surface area contributed by atoms with Crippen molar-refractivity contribution in [2.75, 3.05) is 11.9 Å². The smallest absolute Gasteiger partial charge is 0.288 e. The predicted octanol–water partition coefficient (Wildman–Crippen LogP) is 2.60. The first-order valence-electron chi connectivity index (χ1n) is 7.76. The van der Waals surface area contributed by atoms with Gasteiger partial charge in [0, 0.05) is 17.7 Å². The fourth-order valence-electron chi connectivity index (χ4n) is 1.99. The van der Waals surface area contributed by atoms with Gasteiger partial charge in [-0.3, -0.25) is 14.4 Å². The van der Waals surface area contributed by atoms with E-state index in [0.717, 1.165) is 16.8 Å². The van der Waals surface area contributed by atoms with Crippen LogP contribution in [-0.4, -0.2) is 27.8 Å². The van der Waals surface area contributed by atoms with E-state index in [2.05, 4.69) is 26.7 Å². The second kappa shape index (κ2) is 8.15. The number of nitrogens with zero attached hydrogens (tertiary/aromatic N) is 1. The first-order chi connectivity index (χ1) is 12.6. The molecule has 2 rings (SSSR count). The highest BCUT2D eigenvalue weighted by Gasteiger charge is 2.24. The van der Waals surface area contributed by atoms with Crippen molar-refractivity contribution in [1.29, 1.82) is 0 Å². The van der Waals surface area contributed by atoms with Crippen molar-refractivity contribution in [2.45, 2.75) is 19.4 Å². The Bertz CT molecular complexity index is 931. The SMILES string of the molecule is Cn1cc(C(=O)NOC(C)(C)CO)c(Nc2ccc(Br)cc2F)c(F)c1=O. The van der Waals surface area contributed by atoms with Gasteiger partial charge in [-0.1, -0.05) is 15.9 Å². The molecule has 0 saturated heterocycles. The number of aliphatic hydroxyl groups excluding tert-OH is 1. The molecule has 10 heteroatoms. The molecule has 0 atom stereocenters. The second-order valence-corrected chi connectivity index (χ2v) is 7.26. The van der Waals surface area contributed by atoms with Gasteiger partial charge in [0.15, 0.2) is 0 Å². The van der Waals surface area contributed by atoms with Crippen molar-refractivity contribution in [3.05, 3.63) is 56.4 Å². The van der Waals surface area contributed by atoms with Gasteiger partial charge >= 0.3 is 0 Å². The fourth-order valence-corrected chi connectivity index (χ4v) is 2.32. The number of pyridine rings is 1. The molecule has 27 heavy (non-hydrogen) atoms. The third-order valence-corrected chi connectivity index (χ3v) is 4.05. The largest absolute Gasteiger partial charge is 0.393 e. The van der Waals surface area contributed by atoms with E-state index >= 15 is 0 Å². The molecule has 1 aromatic carbocycles. The van der Waals surface area contributed by atoms with E-state index in [1.807, 2.05) is 0 Å². The maximum atomic E-state index is 14.5. The normalized spacial score (nSPS) is 11.4. The molecule has 0 spiro atoms. The fraction of sp³-hybridized carbons (Fsp3) is 0.294. The van der Waals surface area contributed by atoms with Crippen molar-refractivity contribution in [3.63, 3.8) is 0 Å². The number of halogens is 3. The van der Waals surface area contributed by atoms with Gasteiger partial charge in [0.05, 0.1) is 23.5 Å². The summed E-state index contributed by atoms with van der Waals surface area (Å²) in [6.07, 6.45) is 1.09. The Morgan fingerprint density at radius 3 is 2.63 bits per heavy atom. The average molecular weight is 446 g/mol. The Kier molecular flexibility index (Phi) is 6.34. The lowest BCUT2D eigenvalue weighted by molar-refractivity contribution is -0.0956. The topological polar surface area (TPSA) is 92.6 Å². The Balaban J connectivity index is 2.45. The molecule has 0 unspecified atom stereocenters. The number of rotatable bonds is 6. The van der Waals surface area contributed by atoms with E-state index in [0.29, 0.717) is 4.47 Å². The lowest BCUT2D eigenvalue weighted by Gasteiger charge is -2.22. The monoisotopic (exact) mass is 445 g/mol.